The summed E-state index contributed by atoms with van der Waals surface area (Å²) in [7, 11) is 1.62. The molecule has 6 nitrogen and oxygen atoms in total. The summed E-state index contributed by atoms with van der Waals surface area (Å²) >= 11 is 5.25. The minimum absolute atomic E-state index is 0.194. The first-order chi connectivity index (χ1) is 13.1. The van der Waals surface area contributed by atoms with E-state index in [2.05, 4.69) is 10.6 Å². The molecule has 0 heterocycles. The van der Waals surface area contributed by atoms with E-state index >= 15 is 0 Å². The van der Waals surface area contributed by atoms with Crippen LogP contribution in [0.15, 0.2) is 48.5 Å². The van der Waals surface area contributed by atoms with E-state index in [1.165, 1.54) is 0 Å². The van der Waals surface area contributed by atoms with Crippen LogP contribution in [0.4, 0.5) is 5.69 Å². The van der Waals surface area contributed by atoms with E-state index < -0.39 is 0 Å². The number of methoxy groups -OCH3 is 1. The van der Waals surface area contributed by atoms with Crippen LogP contribution in [-0.4, -0.2) is 38.0 Å². The number of hydrogen-bond donors (Lipinski definition) is 2. The van der Waals surface area contributed by atoms with Gasteiger partial charge in [0, 0.05) is 18.9 Å². The Morgan fingerprint density at radius 3 is 2.63 bits per heavy atom. The monoisotopic (exact) mass is 388 g/mol. The highest BCUT2D eigenvalue weighted by atomic mass is 32.1. The molecule has 2 N–H and O–H groups in total. The summed E-state index contributed by atoms with van der Waals surface area (Å²) in [5.41, 5.74) is 1.15. The van der Waals surface area contributed by atoms with Gasteiger partial charge in [0.1, 0.15) is 18.1 Å². The Morgan fingerprint density at radius 1 is 1.04 bits per heavy atom. The van der Waals surface area contributed by atoms with Gasteiger partial charge in [0.15, 0.2) is 5.11 Å². The Labute approximate surface area is 164 Å². The normalized spacial score (nSPS) is 10.1. The van der Waals surface area contributed by atoms with Crippen molar-refractivity contribution in [2.45, 2.75) is 13.3 Å². The highest BCUT2D eigenvalue weighted by molar-refractivity contribution is 7.80. The highest BCUT2D eigenvalue weighted by Crippen LogP contribution is 2.19. The summed E-state index contributed by atoms with van der Waals surface area (Å²) in [5, 5.41) is 5.85. The molecule has 2 aromatic rings. The molecule has 0 aliphatic carbocycles. The molecule has 0 spiro atoms. The number of anilines is 1. The molecule has 0 fully saturated rings. The van der Waals surface area contributed by atoms with Gasteiger partial charge in [-0.05, 0) is 42.9 Å². The maximum absolute atomic E-state index is 12.5. The molecule has 0 bridgehead atoms. The maximum Gasteiger partial charge on any atom is 0.261 e. The van der Waals surface area contributed by atoms with Crippen molar-refractivity contribution in [1.82, 2.24) is 5.32 Å². The van der Waals surface area contributed by atoms with Gasteiger partial charge in [0.2, 0.25) is 0 Å². The molecular weight excluding hydrogens is 364 g/mol. The van der Waals surface area contributed by atoms with E-state index in [-0.39, 0.29) is 11.0 Å². The average Bonchev–Trinajstić information content (AvgIpc) is 2.67. The second kappa shape index (κ2) is 11.2. The smallest absolute Gasteiger partial charge is 0.261 e. The van der Waals surface area contributed by atoms with Crippen molar-refractivity contribution >= 4 is 28.9 Å². The molecule has 2 rings (SSSR count). The molecule has 0 aliphatic rings. The quantitative estimate of drug-likeness (QED) is 0.505. The summed E-state index contributed by atoms with van der Waals surface area (Å²) in [4.78, 5) is 12.5. The molecular formula is C20H24N2O4S. The van der Waals surface area contributed by atoms with Crippen molar-refractivity contribution in [3.63, 3.8) is 0 Å². The van der Waals surface area contributed by atoms with Gasteiger partial charge in [-0.3, -0.25) is 10.1 Å². The number of carbonyl (C=O) groups is 1. The van der Waals surface area contributed by atoms with Crippen molar-refractivity contribution in [3.8, 4) is 11.5 Å². The number of para-hydroxylation sites is 1. The highest BCUT2D eigenvalue weighted by Gasteiger charge is 2.13. The van der Waals surface area contributed by atoms with Crippen LogP contribution in [0.25, 0.3) is 0 Å². The molecule has 0 unspecified atom stereocenters. The van der Waals surface area contributed by atoms with E-state index in [0.29, 0.717) is 42.6 Å². The van der Waals surface area contributed by atoms with Crippen molar-refractivity contribution in [2.75, 3.05) is 32.2 Å². The molecule has 27 heavy (non-hydrogen) atoms. The van der Waals surface area contributed by atoms with Crippen LogP contribution in [0.1, 0.15) is 23.7 Å². The topological polar surface area (TPSA) is 68.8 Å². The zero-order chi connectivity index (χ0) is 19.5. The molecule has 0 saturated heterocycles. The van der Waals surface area contributed by atoms with Gasteiger partial charge in [-0.1, -0.05) is 25.1 Å². The molecule has 1 amide bonds. The molecule has 0 aliphatic heterocycles. The fourth-order valence-electron chi connectivity index (χ4n) is 2.23. The number of hydrogen-bond acceptors (Lipinski definition) is 5. The number of thiocarbonyl (C=S) groups is 1. The van der Waals surface area contributed by atoms with E-state index in [4.69, 9.17) is 26.4 Å². The summed E-state index contributed by atoms with van der Waals surface area (Å²) < 4.78 is 16.1. The summed E-state index contributed by atoms with van der Waals surface area (Å²) in [6.45, 7) is 3.51. The number of rotatable bonds is 9. The maximum atomic E-state index is 12.5. The van der Waals surface area contributed by atoms with Crippen LogP contribution in [0.2, 0.25) is 0 Å². The van der Waals surface area contributed by atoms with Crippen LogP contribution in [0.3, 0.4) is 0 Å². The number of benzene rings is 2. The van der Waals surface area contributed by atoms with Crippen molar-refractivity contribution in [1.29, 1.82) is 0 Å². The summed E-state index contributed by atoms with van der Waals surface area (Å²) in [6.07, 6.45) is 0.860. The Morgan fingerprint density at radius 2 is 1.85 bits per heavy atom. The van der Waals surface area contributed by atoms with Gasteiger partial charge in [0.05, 0.1) is 18.8 Å². The minimum Gasteiger partial charge on any atom is -0.493 e. The van der Waals surface area contributed by atoms with E-state index in [1.54, 1.807) is 31.4 Å². The lowest BCUT2D eigenvalue weighted by Crippen LogP contribution is -2.34. The SMILES string of the molecule is CCCOc1ccccc1C(=O)NC(=S)Nc1cccc(OCCOC)c1. The summed E-state index contributed by atoms with van der Waals surface area (Å²) in [6, 6.07) is 14.4. The second-order valence-electron chi connectivity index (χ2n) is 5.62. The van der Waals surface area contributed by atoms with Gasteiger partial charge >= 0.3 is 0 Å². The van der Waals surface area contributed by atoms with E-state index in [1.807, 2.05) is 31.2 Å². The fourth-order valence-corrected chi connectivity index (χ4v) is 2.44. The number of amides is 1. The largest absolute Gasteiger partial charge is 0.493 e. The molecule has 144 valence electrons. The fraction of sp³-hybridized carbons (Fsp3) is 0.300. The molecule has 2 aromatic carbocycles. The predicted octanol–water partition coefficient (Wildman–Crippen LogP) is 3.63. The molecule has 0 radical (unpaired) electrons. The predicted molar refractivity (Wildman–Crippen MR) is 110 cm³/mol. The van der Waals surface area contributed by atoms with Crippen molar-refractivity contribution in [2.24, 2.45) is 0 Å². The van der Waals surface area contributed by atoms with Gasteiger partial charge in [-0.2, -0.15) is 0 Å². The third-order valence-corrected chi connectivity index (χ3v) is 3.67. The Hall–Kier alpha value is -2.64. The average molecular weight is 388 g/mol. The van der Waals surface area contributed by atoms with Crippen LogP contribution >= 0.6 is 12.2 Å². The van der Waals surface area contributed by atoms with Gasteiger partial charge < -0.3 is 19.5 Å². The zero-order valence-corrected chi connectivity index (χ0v) is 16.3. The van der Waals surface area contributed by atoms with Crippen LogP contribution < -0.4 is 20.1 Å². The third-order valence-electron chi connectivity index (χ3n) is 3.47. The number of ether oxygens (including phenoxy) is 3. The van der Waals surface area contributed by atoms with Gasteiger partial charge in [0.25, 0.3) is 5.91 Å². The minimum atomic E-state index is -0.327. The van der Waals surface area contributed by atoms with Gasteiger partial charge in [-0.15, -0.1) is 0 Å². The first-order valence-electron chi connectivity index (χ1n) is 8.70. The van der Waals surface area contributed by atoms with Crippen LogP contribution in [0, 0.1) is 0 Å². The van der Waals surface area contributed by atoms with Crippen LogP contribution in [-0.2, 0) is 4.74 Å². The van der Waals surface area contributed by atoms with Crippen molar-refractivity contribution in [3.05, 3.63) is 54.1 Å². The Bertz CT molecular complexity index is 767. The number of nitrogens with one attached hydrogen (secondary N) is 2. The second-order valence-corrected chi connectivity index (χ2v) is 6.03. The van der Waals surface area contributed by atoms with Crippen molar-refractivity contribution < 1.29 is 19.0 Å². The number of carbonyl (C=O) groups excluding carboxylic acids is 1. The first-order valence-corrected chi connectivity index (χ1v) is 9.10. The first kappa shape index (κ1) is 20.7. The third kappa shape index (κ3) is 6.88. The summed E-state index contributed by atoms with van der Waals surface area (Å²) in [5.74, 6) is 0.893. The Kier molecular flexibility index (Phi) is 8.54. The lowest BCUT2D eigenvalue weighted by Gasteiger charge is -2.13. The standard InChI is InChI=1S/C20H24N2O4S/c1-3-11-26-18-10-5-4-9-17(18)19(23)22-20(27)21-15-7-6-8-16(14-15)25-13-12-24-2/h4-10,14H,3,11-13H2,1-2H3,(H2,21,22,23,27). The van der Waals surface area contributed by atoms with E-state index in [0.717, 1.165) is 6.42 Å². The van der Waals surface area contributed by atoms with Gasteiger partial charge in [-0.25, -0.2) is 0 Å². The van der Waals surface area contributed by atoms with E-state index in [9.17, 15) is 4.79 Å². The van der Waals surface area contributed by atoms with Crippen LogP contribution in [0.5, 0.6) is 11.5 Å². The lowest BCUT2D eigenvalue weighted by molar-refractivity contribution is 0.0973. The lowest BCUT2D eigenvalue weighted by atomic mass is 10.2. The molecule has 0 aromatic heterocycles. The molecule has 0 saturated carbocycles. The zero-order valence-electron chi connectivity index (χ0n) is 15.5. The molecule has 0 atom stereocenters. The Balaban J connectivity index is 1.96. The molecule has 7 heteroatoms.